The molecule has 0 amide bonds. The number of hydrogen-bond acceptors (Lipinski definition) is 4. The number of nitrogens with one attached hydrogen (secondary N) is 1. The Morgan fingerprint density at radius 1 is 1.26 bits per heavy atom. The van der Waals surface area contributed by atoms with Crippen LogP contribution in [0.2, 0.25) is 5.15 Å². The molecule has 0 atom stereocenters. The smallest absolute Gasteiger partial charge is 0.355 e. The van der Waals surface area contributed by atoms with Gasteiger partial charge in [-0.25, -0.2) is 9.78 Å². The number of aromatic amines is 1. The van der Waals surface area contributed by atoms with Gasteiger partial charge in [0.2, 0.25) is 0 Å². The third-order valence-corrected chi connectivity index (χ3v) is 3.75. The van der Waals surface area contributed by atoms with Gasteiger partial charge in [0.25, 0.3) is 0 Å². The summed E-state index contributed by atoms with van der Waals surface area (Å²) < 4.78 is 5.23. The third-order valence-electron chi connectivity index (χ3n) is 3.42. The molecule has 2 heterocycles. The van der Waals surface area contributed by atoms with Crippen molar-refractivity contribution in [1.29, 1.82) is 0 Å². The molecule has 3 aromatic rings. The minimum absolute atomic E-state index is 0.00389. The van der Waals surface area contributed by atoms with E-state index in [1.54, 1.807) is 0 Å². The van der Waals surface area contributed by atoms with Gasteiger partial charge in [0, 0.05) is 22.7 Å². The lowest BCUT2D eigenvalue weighted by molar-refractivity contribution is 0.0466. The summed E-state index contributed by atoms with van der Waals surface area (Å²) in [5.74, 6) is -0.677. The molecule has 5 nitrogen and oxygen atoms in total. The maximum absolute atomic E-state index is 12.0. The van der Waals surface area contributed by atoms with Gasteiger partial charge in [-0.1, -0.05) is 29.8 Å². The Bertz CT molecular complexity index is 902. The molecule has 0 radical (unpaired) electrons. The number of para-hydroxylation sites is 1. The highest BCUT2D eigenvalue weighted by Gasteiger charge is 2.13. The van der Waals surface area contributed by atoms with Gasteiger partial charge in [-0.15, -0.1) is 0 Å². The fourth-order valence-corrected chi connectivity index (χ4v) is 2.37. The van der Waals surface area contributed by atoms with Crippen molar-refractivity contribution in [2.24, 2.45) is 0 Å². The van der Waals surface area contributed by atoms with Crippen LogP contribution in [0, 0.1) is 0 Å². The number of rotatable bonds is 4. The fourth-order valence-electron chi connectivity index (χ4n) is 2.17. The molecule has 0 unspecified atom stereocenters. The summed E-state index contributed by atoms with van der Waals surface area (Å²) in [4.78, 5) is 30.2. The van der Waals surface area contributed by atoms with Crippen molar-refractivity contribution in [2.75, 3.05) is 0 Å². The lowest BCUT2D eigenvalue weighted by Gasteiger charge is -2.07. The number of benzene rings is 1. The number of nitrogens with zero attached hydrogens (tertiary/aromatic N) is 1. The molecule has 0 saturated heterocycles. The quantitative estimate of drug-likeness (QED) is 0.449. The van der Waals surface area contributed by atoms with E-state index in [2.05, 4.69) is 9.97 Å². The molecule has 2 aromatic heterocycles. The standard InChI is InChI=1S/C17H13ClN2O3/c1-10(21)12-7-15(19-8-12)17(22)23-9-13-6-11-4-2-3-5-14(11)20-16(13)18/h2-8,19H,9H2,1H3. The van der Waals surface area contributed by atoms with Crippen LogP contribution in [0.25, 0.3) is 10.9 Å². The largest absolute Gasteiger partial charge is 0.456 e. The average Bonchev–Trinajstić information content (AvgIpc) is 3.03. The molecular formula is C17H13ClN2O3. The normalized spacial score (nSPS) is 10.7. The Morgan fingerprint density at radius 2 is 2.04 bits per heavy atom. The topological polar surface area (TPSA) is 72.0 Å². The molecular weight excluding hydrogens is 316 g/mol. The monoisotopic (exact) mass is 328 g/mol. The Labute approximate surface area is 137 Å². The Hall–Kier alpha value is -2.66. The van der Waals surface area contributed by atoms with Crippen molar-refractivity contribution >= 4 is 34.3 Å². The molecule has 3 rings (SSSR count). The molecule has 0 aliphatic heterocycles. The minimum Gasteiger partial charge on any atom is -0.456 e. The van der Waals surface area contributed by atoms with Gasteiger partial charge in [0.15, 0.2) is 5.78 Å². The lowest BCUT2D eigenvalue weighted by atomic mass is 10.2. The van der Waals surface area contributed by atoms with E-state index in [4.69, 9.17) is 16.3 Å². The van der Waals surface area contributed by atoms with Crippen molar-refractivity contribution in [1.82, 2.24) is 9.97 Å². The predicted octanol–water partition coefficient (Wildman–Crippen LogP) is 3.78. The van der Waals surface area contributed by atoms with E-state index in [0.717, 1.165) is 10.9 Å². The molecule has 0 fully saturated rings. The Balaban J connectivity index is 1.75. The SMILES string of the molecule is CC(=O)c1c[nH]c(C(=O)OCc2cc3ccccc3nc2Cl)c1. The molecule has 1 aromatic carbocycles. The Morgan fingerprint density at radius 3 is 2.78 bits per heavy atom. The number of ether oxygens (including phenoxy) is 1. The summed E-state index contributed by atoms with van der Waals surface area (Å²) in [6.45, 7) is 1.43. The number of esters is 1. The number of hydrogen-bond donors (Lipinski definition) is 1. The summed E-state index contributed by atoms with van der Waals surface area (Å²) in [5.41, 5.74) is 2.06. The van der Waals surface area contributed by atoms with Gasteiger partial charge in [-0.2, -0.15) is 0 Å². The highest BCUT2D eigenvalue weighted by Crippen LogP contribution is 2.21. The highest BCUT2D eigenvalue weighted by molar-refractivity contribution is 6.30. The number of carbonyl (C=O) groups excluding carboxylic acids is 2. The summed E-state index contributed by atoms with van der Waals surface area (Å²) in [6, 6.07) is 10.9. The van der Waals surface area contributed by atoms with Crippen LogP contribution in [0.3, 0.4) is 0 Å². The first-order valence-electron chi connectivity index (χ1n) is 6.95. The zero-order chi connectivity index (χ0) is 16.4. The van der Waals surface area contributed by atoms with E-state index < -0.39 is 5.97 Å². The van der Waals surface area contributed by atoms with Crippen molar-refractivity contribution in [3.63, 3.8) is 0 Å². The zero-order valence-electron chi connectivity index (χ0n) is 12.3. The fraction of sp³-hybridized carbons (Fsp3) is 0.118. The van der Waals surface area contributed by atoms with E-state index in [1.165, 1.54) is 19.2 Å². The van der Waals surface area contributed by atoms with Crippen LogP contribution in [0.1, 0.15) is 33.3 Å². The number of pyridine rings is 1. The van der Waals surface area contributed by atoms with E-state index in [1.807, 2.05) is 30.3 Å². The van der Waals surface area contributed by atoms with Crippen molar-refractivity contribution in [3.05, 3.63) is 64.6 Å². The van der Waals surface area contributed by atoms with Crippen molar-refractivity contribution in [3.8, 4) is 0 Å². The minimum atomic E-state index is -0.554. The van der Waals surface area contributed by atoms with Gasteiger partial charge in [-0.3, -0.25) is 4.79 Å². The van der Waals surface area contributed by atoms with Gasteiger partial charge in [0.1, 0.15) is 17.5 Å². The number of ketones is 1. The second-order valence-corrected chi connectivity index (χ2v) is 5.42. The molecule has 0 spiro atoms. The number of halogens is 1. The van der Waals surface area contributed by atoms with E-state index in [0.29, 0.717) is 16.3 Å². The predicted molar refractivity (Wildman–Crippen MR) is 86.7 cm³/mol. The zero-order valence-corrected chi connectivity index (χ0v) is 13.1. The molecule has 23 heavy (non-hydrogen) atoms. The van der Waals surface area contributed by atoms with Crippen LogP contribution in [0.4, 0.5) is 0 Å². The summed E-state index contributed by atoms with van der Waals surface area (Å²) >= 11 is 6.12. The van der Waals surface area contributed by atoms with Crippen LogP contribution in [0.15, 0.2) is 42.6 Å². The number of Topliss-reactive ketones (excluding diaryl/α,β-unsaturated/α-hetero) is 1. The molecule has 0 bridgehead atoms. The van der Waals surface area contributed by atoms with Gasteiger partial charge >= 0.3 is 5.97 Å². The number of carbonyl (C=O) groups is 2. The first-order chi connectivity index (χ1) is 11.0. The number of aromatic nitrogens is 2. The highest BCUT2D eigenvalue weighted by atomic mass is 35.5. The van der Waals surface area contributed by atoms with E-state index in [9.17, 15) is 9.59 Å². The second kappa shape index (κ2) is 6.22. The lowest BCUT2D eigenvalue weighted by Crippen LogP contribution is -2.06. The number of H-pyrrole nitrogens is 1. The van der Waals surface area contributed by atoms with Gasteiger partial charge in [0.05, 0.1) is 5.52 Å². The summed E-state index contributed by atoms with van der Waals surface area (Å²) in [5, 5.41) is 1.22. The van der Waals surface area contributed by atoms with Crippen LogP contribution in [-0.2, 0) is 11.3 Å². The maximum Gasteiger partial charge on any atom is 0.355 e. The van der Waals surface area contributed by atoms with Crippen LogP contribution in [0.5, 0.6) is 0 Å². The molecule has 0 aliphatic carbocycles. The summed E-state index contributed by atoms with van der Waals surface area (Å²) in [6.07, 6.45) is 1.48. The average molecular weight is 329 g/mol. The van der Waals surface area contributed by atoms with Gasteiger partial charge < -0.3 is 9.72 Å². The first-order valence-corrected chi connectivity index (χ1v) is 7.33. The number of fused-ring (bicyclic) bond motifs is 1. The van der Waals surface area contributed by atoms with Crippen molar-refractivity contribution in [2.45, 2.75) is 13.5 Å². The van der Waals surface area contributed by atoms with Crippen LogP contribution in [-0.4, -0.2) is 21.7 Å². The van der Waals surface area contributed by atoms with Crippen molar-refractivity contribution < 1.29 is 14.3 Å². The maximum atomic E-state index is 12.0. The van der Waals surface area contributed by atoms with E-state index in [-0.39, 0.29) is 18.1 Å². The van der Waals surface area contributed by atoms with E-state index >= 15 is 0 Å². The molecule has 1 N–H and O–H groups in total. The van der Waals surface area contributed by atoms with Crippen LogP contribution >= 0.6 is 11.6 Å². The summed E-state index contributed by atoms with van der Waals surface area (Å²) in [7, 11) is 0. The molecule has 0 saturated carbocycles. The Kier molecular flexibility index (Phi) is 4.12. The molecule has 0 aliphatic rings. The van der Waals surface area contributed by atoms with Gasteiger partial charge in [-0.05, 0) is 25.1 Å². The third kappa shape index (κ3) is 3.24. The molecule has 116 valence electrons. The van der Waals surface area contributed by atoms with Crippen LogP contribution < -0.4 is 0 Å². The second-order valence-electron chi connectivity index (χ2n) is 5.07. The first kappa shape index (κ1) is 15.2. The molecule has 6 heteroatoms.